The second kappa shape index (κ2) is 6.96. The predicted molar refractivity (Wildman–Crippen MR) is 104 cm³/mol. The van der Waals surface area contributed by atoms with Gasteiger partial charge in [-0.15, -0.1) is 0 Å². The zero-order chi connectivity index (χ0) is 21.2. The third kappa shape index (κ3) is 2.96. The van der Waals surface area contributed by atoms with E-state index in [9.17, 15) is 19.2 Å². The first-order valence-electron chi connectivity index (χ1n) is 10.7. The fourth-order valence-electron chi connectivity index (χ4n) is 5.99. The van der Waals surface area contributed by atoms with Crippen LogP contribution in [0.3, 0.4) is 0 Å². The van der Waals surface area contributed by atoms with Gasteiger partial charge in [-0.2, -0.15) is 0 Å². The van der Waals surface area contributed by atoms with Gasteiger partial charge in [0.05, 0.1) is 12.1 Å². The zero-order valence-electron chi connectivity index (χ0n) is 17.2. The van der Waals surface area contributed by atoms with Gasteiger partial charge in [-0.25, -0.2) is 0 Å². The summed E-state index contributed by atoms with van der Waals surface area (Å²) in [5, 5.41) is 0. The molecule has 8 heteroatoms. The maximum Gasteiger partial charge on any atom is 0.303 e. The van der Waals surface area contributed by atoms with Gasteiger partial charge in [-0.05, 0) is 61.8 Å². The summed E-state index contributed by atoms with van der Waals surface area (Å²) in [5.74, 6) is -0.610. The molecule has 0 aromatic heterocycles. The van der Waals surface area contributed by atoms with Crippen molar-refractivity contribution in [2.45, 2.75) is 88.7 Å². The highest BCUT2D eigenvalue weighted by molar-refractivity contribution is 6.00. The number of rotatable bonds is 2. The van der Waals surface area contributed by atoms with Crippen molar-refractivity contribution in [2.75, 3.05) is 0 Å². The monoisotopic (exact) mass is 414 g/mol. The molecule has 2 aliphatic carbocycles. The van der Waals surface area contributed by atoms with Gasteiger partial charge in [0.1, 0.15) is 24.3 Å². The quantitative estimate of drug-likeness (QED) is 0.499. The average molecular weight is 414 g/mol. The molecule has 5 rings (SSSR count). The minimum Gasteiger partial charge on any atom is -0.458 e. The standard InChI is InChI=1S/C22H26N2O6/c1-11(25)29-15-3-5-17-13(7-15)9-19-21(27)24-18-6-4-16(30-12(2)26)8-14(18)10-20(24)22(28)23(17)19/h7-8,15-20H,3-6,9-10H2,1-2H3/t15-,16-,17-,18-,19+,20+/m1/s1. The first-order chi connectivity index (χ1) is 14.3. The molecule has 0 N–H and O–H groups in total. The molecule has 30 heavy (non-hydrogen) atoms. The molecule has 0 unspecified atom stereocenters. The van der Waals surface area contributed by atoms with Crippen LogP contribution in [0.15, 0.2) is 23.3 Å². The van der Waals surface area contributed by atoms with Crippen LogP contribution in [0.5, 0.6) is 0 Å². The maximum atomic E-state index is 13.5. The van der Waals surface area contributed by atoms with E-state index in [0.717, 1.165) is 11.1 Å². The van der Waals surface area contributed by atoms with E-state index in [4.69, 9.17) is 9.47 Å². The van der Waals surface area contributed by atoms with Gasteiger partial charge in [0.2, 0.25) is 11.8 Å². The number of hydrogen-bond donors (Lipinski definition) is 0. The molecule has 0 saturated carbocycles. The Hall–Kier alpha value is -2.64. The molecule has 3 saturated heterocycles. The van der Waals surface area contributed by atoms with E-state index in [-0.39, 0.29) is 48.0 Å². The SMILES string of the molecule is CC(=O)O[C@H]1C=C2C[C@H]3C(=O)N4[C@@H]5CC[C@@H](OC(C)=O)C=C5C[C@H]4C(=O)N3[C@@H]2CC1. The summed E-state index contributed by atoms with van der Waals surface area (Å²) >= 11 is 0. The van der Waals surface area contributed by atoms with Crippen LogP contribution in [-0.4, -0.2) is 69.9 Å². The Kier molecular flexibility index (Phi) is 4.48. The van der Waals surface area contributed by atoms with Crippen LogP contribution in [0.1, 0.15) is 52.4 Å². The second-order valence-electron chi connectivity index (χ2n) is 8.90. The van der Waals surface area contributed by atoms with Crippen LogP contribution >= 0.6 is 0 Å². The molecule has 0 aromatic carbocycles. The normalized spacial score (nSPS) is 36.9. The third-order valence-electron chi connectivity index (χ3n) is 7.02. The molecular formula is C22H26N2O6. The summed E-state index contributed by atoms with van der Waals surface area (Å²) in [4.78, 5) is 53.1. The van der Waals surface area contributed by atoms with Gasteiger partial charge in [0.15, 0.2) is 0 Å². The smallest absolute Gasteiger partial charge is 0.303 e. The summed E-state index contributed by atoms with van der Waals surface area (Å²) in [5.41, 5.74) is 2.07. The summed E-state index contributed by atoms with van der Waals surface area (Å²) in [6.07, 6.45) is 7.08. The lowest BCUT2D eigenvalue weighted by Gasteiger charge is -2.43. The van der Waals surface area contributed by atoms with Gasteiger partial charge in [-0.3, -0.25) is 19.2 Å². The average Bonchev–Trinajstić information content (AvgIpc) is 3.23. The molecule has 5 aliphatic rings. The molecular weight excluding hydrogens is 388 g/mol. The number of piperazine rings is 1. The van der Waals surface area contributed by atoms with Crippen molar-refractivity contribution in [3.05, 3.63) is 23.3 Å². The predicted octanol–water partition coefficient (Wildman–Crippen LogP) is 1.24. The number of carbonyl (C=O) groups is 4. The first-order valence-corrected chi connectivity index (χ1v) is 10.7. The maximum absolute atomic E-state index is 13.5. The van der Waals surface area contributed by atoms with E-state index in [2.05, 4.69) is 0 Å². The first kappa shape index (κ1) is 19.3. The topological polar surface area (TPSA) is 93.2 Å². The van der Waals surface area contributed by atoms with Crippen LogP contribution in [-0.2, 0) is 28.7 Å². The van der Waals surface area contributed by atoms with Crippen molar-refractivity contribution >= 4 is 23.8 Å². The van der Waals surface area contributed by atoms with E-state index in [1.54, 1.807) is 9.80 Å². The fourth-order valence-corrected chi connectivity index (χ4v) is 5.99. The number of fused-ring (bicyclic) bond motifs is 6. The molecule has 3 heterocycles. The lowest BCUT2D eigenvalue weighted by atomic mass is 9.91. The lowest BCUT2D eigenvalue weighted by Crippen LogP contribution is -2.64. The Balaban J connectivity index is 1.40. The van der Waals surface area contributed by atoms with Crippen LogP contribution in [0.25, 0.3) is 0 Å². The van der Waals surface area contributed by atoms with Crippen molar-refractivity contribution < 1.29 is 28.7 Å². The van der Waals surface area contributed by atoms with Crippen molar-refractivity contribution in [1.29, 1.82) is 0 Å². The third-order valence-corrected chi connectivity index (χ3v) is 7.02. The lowest BCUT2D eigenvalue weighted by molar-refractivity contribution is -0.161. The molecule has 3 aliphatic heterocycles. The van der Waals surface area contributed by atoms with E-state index in [1.165, 1.54) is 13.8 Å². The summed E-state index contributed by atoms with van der Waals surface area (Å²) in [6, 6.07) is -1.09. The number of carbonyl (C=O) groups excluding carboxylic acids is 4. The Morgan fingerprint density at radius 3 is 1.50 bits per heavy atom. The summed E-state index contributed by atoms with van der Waals surface area (Å²) in [6.45, 7) is 2.79. The number of esters is 2. The molecule has 160 valence electrons. The van der Waals surface area contributed by atoms with Crippen molar-refractivity contribution in [2.24, 2.45) is 0 Å². The molecule has 0 aromatic rings. The second-order valence-corrected chi connectivity index (χ2v) is 8.90. The van der Waals surface area contributed by atoms with Crippen molar-refractivity contribution in [3.8, 4) is 0 Å². The number of nitrogens with zero attached hydrogens (tertiary/aromatic N) is 2. The van der Waals surface area contributed by atoms with Gasteiger partial charge in [0.25, 0.3) is 0 Å². The van der Waals surface area contributed by atoms with E-state index < -0.39 is 12.1 Å². The molecule has 0 radical (unpaired) electrons. The van der Waals surface area contributed by atoms with Crippen LogP contribution < -0.4 is 0 Å². The van der Waals surface area contributed by atoms with Gasteiger partial charge < -0.3 is 19.3 Å². The van der Waals surface area contributed by atoms with E-state index in [0.29, 0.717) is 38.5 Å². The highest BCUT2D eigenvalue weighted by Crippen LogP contribution is 2.46. The molecule has 3 fully saturated rings. The summed E-state index contributed by atoms with van der Waals surface area (Å²) in [7, 11) is 0. The fraction of sp³-hybridized carbons (Fsp3) is 0.636. The van der Waals surface area contributed by atoms with Gasteiger partial charge in [-0.1, -0.05) is 0 Å². The molecule has 0 spiro atoms. The molecule has 2 amide bonds. The molecule has 8 nitrogen and oxygen atoms in total. The largest absolute Gasteiger partial charge is 0.458 e. The number of amides is 2. The summed E-state index contributed by atoms with van der Waals surface area (Å²) < 4.78 is 10.7. The van der Waals surface area contributed by atoms with E-state index in [1.807, 2.05) is 12.2 Å². The van der Waals surface area contributed by atoms with Gasteiger partial charge >= 0.3 is 11.9 Å². The minimum absolute atomic E-state index is 0.0123. The van der Waals surface area contributed by atoms with Crippen molar-refractivity contribution in [3.63, 3.8) is 0 Å². The minimum atomic E-state index is -0.466. The Morgan fingerprint density at radius 1 is 0.733 bits per heavy atom. The van der Waals surface area contributed by atoms with E-state index >= 15 is 0 Å². The van der Waals surface area contributed by atoms with Crippen LogP contribution in [0.2, 0.25) is 0 Å². The van der Waals surface area contributed by atoms with Crippen molar-refractivity contribution in [1.82, 2.24) is 9.80 Å². The number of hydrogen-bond acceptors (Lipinski definition) is 6. The highest BCUT2D eigenvalue weighted by Gasteiger charge is 2.58. The highest BCUT2D eigenvalue weighted by atomic mass is 16.5. The van der Waals surface area contributed by atoms with Gasteiger partial charge in [0, 0.05) is 13.8 Å². The Bertz CT molecular complexity index is 820. The van der Waals surface area contributed by atoms with Crippen LogP contribution in [0.4, 0.5) is 0 Å². The zero-order valence-corrected chi connectivity index (χ0v) is 17.2. The Morgan fingerprint density at radius 2 is 1.13 bits per heavy atom. The molecule has 6 atom stereocenters. The Labute approximate surface area is 174 Å². The van der Waals surface area contributed by atoms with Crippen LogP contribution in [0, 0.1) is 0 Å². The number of ether oxygens (including phenoxy) is 2. The molecule has 0 bridgehead atoms.